The molecule has 0 atom stereocenters. The summed E-state index contributed by atoms with van der Waals surface area (Å²) in [6.45, 7) is 4.61. The molecule has 15 heavy (non-hydrogen) atoms. The molecule has 1 fully saturated rings. The Balaban J connectivity index is 1.77. The second-order valence-electron chi connectivity index (χ2n) is 5.24. The van der Waals surface area contributed by atoms with Crippen LogP contribution in [-0.4, -0.2) is 0 Å². The Morgan fingerprint density at radius 3 is 2.73 bits per heavy atom. The Hall–Kier alpha value is -0.650. The Bertz CT molecular complexity index is 276. The molecule has 0 nitrogen and oxygen atoms in total. The van der Waals surface area contributed by atoms with Crippen LogP contribution in [0.2, 0.25) is 0 Å². The van der Waals surface area contributed by atoms with E-state index in [1.807, 2.05) is 5.92 Å². The number of rotatable bonds is 4. The van der Waals surface area contributed by atoms with E-state index < -0.39 is 0 Å². The average Bonchev–Trinajstić information content (AvgIpc) is 3.02. The van der Waals surface area contributed by atoms with Crippen LogP contribution in [0, 0.1) is 5.92 Å². The Morgan fingerprint density at radius 2 is 2.13 bits per heavy atom. The summed E-state index contributed by atoms with van der Waals surface area (Å²) >= 11 is 0. The molecule has 82 valence electrons. The molecule has 0 aromatic carbocycles. The van der Waals surface area contributed by atoms with Gasteiger partial charge in [-0.25, -0.2) is 0 Å². The minimum Gasteiger partial charge on any atom is -0.0815 e. The van der Waals surface area contributed by atoms with Gasteiger partial charge < -0.3 is 0 Å². The van der Waals surface area contributed by atoms with Crippen molar-refractivity contribution in [1.29, 1.82) is 0 Å². The molecule has 0 spiro atoms. The van der Waals surface area contributed by atoms with E-state index in [1.54, 1.807) is 16.7 Å². The zero-order valence-electron chi connectivity index (χ0n) is 10.2. The fourth-order valence-electron chi connectivity index (χ4n) is 2.36. The van der Waals surface area contributed by atoms with Crippen LogP contribution in [0.5, 0.6) is 0 Å². The summed E-state index contributed by atoms with van der Waals surface area (Å²) in [5, 5.41) is 0. The van der Waals surface area contributed by atoms with E-state index in [9.17, 15) is 0 Å². The third-order valence-electron chi connectivity index (χ3n) is 3.81. The lowest BCUT2D eigenvalue weighted by molar-refractivity contribution is 0.754. The quantitative estimate of drug-likeness (QED) is 0.447. The van der Waals surface area contributed by atoms with Crippen molar-refractivity contribution < 1.29 is 0 Å². The van der Waals surface area contributed by atoms with Crippen LogP contribution >= 0.6 is 0 Å². The lowest BCUT2D eigenvalue weighted by atomic mass is 9.90. The molecule has 0 aliphatic heterocycles. The smallest absolute Gasteiger partial charge is 0.0815 e. The van der Waals surface area contributed by atoms with Gasteiger partial charge in [0.25, 0.3) is 0 Å². The molecule has 0 bridgehead atoms. The van der Waals surface area contributed by atoms with Gasteiger partial charge in [-0.15, -0.1) is 0 Å². The number of allylic oxidation sites excluding steroid dienone is 4. The van der Waals surface area contributed by atoms with Gasteiger partial charge in [-0.05, 0) is 46.0 Å². The van der Waals surface area contributed by atoms with Crippen molar-refractivity contribution in [2.45, 2.75) is 65.2 Å². The van der Waals surface area contributed by atoms with Gasteiger partial charge >= 0.3 is 0 Å². The predicted molar refractivity (Wildman–Crippen MR) is 66.6 cm³/mol. The summed E-state index contributed by atoms with van der Waals surface area (Å²) < 4.78 is 0. The topological polar surface area (TPSA) is 0 Å². The zero-order valence-corrected chi connectivity index (χ0v) is 10.2. The van der Waals surface area contributed by atoms with E-state index >= 15 is 0 Å². The van der Waals surface area contributed by atoms with Crippen LogP contribution in [0.1, 0.15) is 65.2 Å². The fraction of sp³-hybridized carbons (Fsp3) is 0.667. The van der Waals surface area contributed by atoms with Crippen molar-refractivity contribution in [3.8, 4) is 0 Å². The highest BCUT2D eigenvalue weighted by atomic mass is 14.3. The minimum absolute atomic E-state index is 1.23. The van der Waals surface area contributed by atoms with E-state index in [0.717, 1.165) is 0 Å². The summed E-state index contributed by atoms with van der Waals surface area (Å²) in [5.74, 6) is 1.81. The highest BCUT2D eigenvalue weighted by Gasteiger charge is 2.34. The summed E-state index contributed by atoms with van der Waals surface area (Å²) in [4.78, 5) is 0. The van der Waals surface area contributed by atoms with E-state index in [-0.39, 0.29) is 0 Å². The van der Waals surface area contributed by atoms with Crippen molar-refractivity contribution in [3.05, 3.63) is 28.7 Å². The summed E-state index contributed by atoms with van der Waals surface area (Å²) in [5.41, 5.74) is 4.99. The van der Waals surface area contributed by atoms with Crippen LogP contribution in [0.4, 0.5) is 0 Å². The SMILES string of the molecule is CC1=CC/C(=C(\C)CCC[C+]2CC2)CC1. The second kappa shape index (κ2) is 4.92. The molecular weight excluding hydrogens is 180 g/mol. The largest absolute Gasteiger partial charge is 0.130 e. The molecule has 0 amide bonds. The molecule has 2 rings (SSSR count). The first-order chi connectivity index (χ1) is 7.25. The highest BCUT2D eigenvalue weighted by Crippen LogP contribution is 2.37. The minimum atomic E-state index is 1.23. The fourth-order valence-corrected chi connectivity index (χ4v) is 2.36. The van der Waals surface area contributed by atoms with Crippen molar-refractivity contribution >= 4 is 0 Å². The zero-order chi connectivity index (χ0) is 10.7. The first-order valence-electron chi connectivity index (χ1n) is 6.42. The normalized spacial score (nSPS) is 23.9. The predicted octanol–water partition coefficient (Wildman–Crippen LogP) is 4.97. The van der Waals surface area contributed by atoms with Gasteiger partial charge in [0.1, 0.15) is 12.8 Å². The third kappa shape index (κ3) is 3.44. The maximum Gasteiger partial charge on any atom is 0.130 e. The van der Waals surface area contributed by atoms with Crippen LogP contribution in [-0.2, 0) is 0 Å². The summed E-state index contributed by atoms with van der Waals surface area (Å²) in [7, 11) is 0. The lowest BCUT2D eigenvalue weighted by Crippen LogP contribution is -1.96. The van der Waals surface area contributed by atoms with E-state index in [4.69, 9.17) is 0 Å². The first kappa shape index (κ1) is 10.9. The molecular formula is C15H23+. The highest BCUT2D eigenvalue weighted by molar-refractivity contribution is 5.22. The molecule has 0 heterocycles. The number of hydrogen-bond donors (Lipinski definition) is 0. The van der Waals surface area contributed by atoms with E-state index in [2.05, 4.69) is 19.9 Å². The molecule has 0 N–H and O–H groups in total. The third-order valence-corrected chi connectivity index (χ3v) is 3.81. The van der Waals surface area contributed by atoms with Crippen molar-refractivity contribution in [2.24, 2.45) is 0 Å². The molecule has 1 saturated carbocycles. The van der Waals surface area contributed by atoms with Crippen LogP contribution in [0.15, 0.2) is 22.8 Å². The van der Waals surface area contributed by atoms with E-state index in [1.165, 1.54) is 51.4 Å². The standard InChI is InChI=1S/C15H23/c1-12-6-10-15(11-7-12)13(2)4-3-5-14-8-9-14/h6H,3-5,7-11H2,1-2H3/q+1/b15-13-. The van der Waals surface area contributed by atoms with Crippen LogP contribution in [0.25, 0.3) is 0 Å². The second-order valence-corrected chi connectivity index (χ2v) is 5.24. The summed E-state index contributed by atoms with van der Waals surface area (Å²) in [6.07, 6.45) is 13.3. The first-order valence-corrected chi connectivity index (χ1v) is 6.42. The molecule has 0 aromatic heterocycles. The lowest BCUT2D eigenvalue weighted by Gasteiger charge is -2.15. The van der Waals surface area contributed by atoms with Gasteiger partial charge in [0.2, 0.25) is 0 Å². The van der Waals surface area contributed by atoms with Crippen LogP contribution < -0.4 is 0 Å². The van der Waals surface area contributed by atoms with Crippen molar-refractivity contribution in [3.63, 3.8) is 0 Å². The van der Waals surface area contributed by atoms with Crippen molar-refractivity contribution in [2.75, 3.05) is 0 Å². The molecule has 0 radical (unpaired) electrons. The average molecular weight is 203 g/mol. The Morgan fingerprint density at radius 1 is 1.33 bits per heavy atom. The van der Waals surface area contributed by atoms with Crippen molar-refractivity contribution in [1.82, 2.24) is 0 Å². The van der Waals surface area contributed by atoms with Gasteiger partial charge in [0.05, 0.1) is 12.3 Å². The summed E-state index contributed by atoms with van der Waals surface area (Å²) in [6, 6.07) is 0. The van der Waals surface area contributed by atoms with Gasteiger partial charge in [0, 0.05) is 0 Å². The van der Waals surface area contributed by atoms with Gasteiger partial charge in [-0.3, -0.25) is 0 Å². The molecule has 0 saturated heterocycles. The van der Waals surface area contributed by atoms with Crippen LogP contribution in [0.3, 0.4) is 0 Å². The maximum absolute atomic E-state index is 2.41. The molecule has 0 heteroatoms. The van der Waals surface area contributed by atoms with Gasteiger partial charge in [0.15, 0.2) is 0 Å². The van der Waals surface area contributed by atoms with E-state index in [0.29, 0.717) is 0 Å². The number of hydrogen-bond acceptors (Lipinski definition) is 0. The van der Waals surface area contributed by atoms with Gasteiger partial charge in [-0.1, -0.05) is 22.8 Å². The Labute approximate surface area is 94.5 Å². The van der Waals surface area contributed by atoms with Gasteiger partial charge in [-0.2, -0.15) is 0 Å². The molecule has 2 aliphatic rings. The Kier molecular flexibility index (Phi) is 3.56. The molecule has 2 aliphatic carbocycles. The monoisotopic (exact) mass is 203 g/mol. The molecule has 0 unspecified atom stereocenters. The maximum atomic E-state index is 2.41. The molecule has 0 aromatic rings.